The molecular formula is C48H54F4N8O8S2. The van der Waals surface area contributed by atoms with Crippen LogP contribution in [0.4, 0.5) is 28.9 Å². The second kappa shape index (κ2) is 22.2. The van der Waals surface area contributed by atoms with E-state index in [0.717, 1.165) is 33.8 Å². The van der Waals surface area contributed by atoms with Gasteiger partial charge in [-0.3, -0.25) is 29.0 Å². The van der Waals surface area contributed by atoms with Crippen molar-refractivity contribution in [1.82, 2.24) is 25.5 Å². The number of carbonyl (C=O) groups is 4. The second-order valence-corrected chi connectivity index (χ2v) is 19.3. The predicted octanol–water partition coefficient (Wildman–Crippen LogP) is 7.11. The van der Waals surface area contributed by atoms with Crippen LogP contribution >= 0.6 is 23.6 Å². The first-order chi connectivity index (χ1) is 33.1. The molecule has 6 rings (SSSR count). The Bertz CT molecular complexity index is 2630. The number of nitrogens with zero attached hydrogens (tertiary/aromatic N) is 6. The van der Waals surface area contributed by atoms with Crippen molar-refractivity contribution in [2.75, 3.05) is 56.5 Å². The lowest BCUT2D eigenvalue weighted by Crippen LogP contribution is -2.58. The molecule has 2 saturated heterocycles. The molecule has 4 aromatic rings. The standard InChI is InChI=1S/C48H54F4N8O8S2/c1-28-40(70-27-56-28)30-13-11-29(12-14-30)24-55-42(62)33-10-8-17-58(33)43(63)41(46(2,3)4)57-36(61)26-67-21-20-66-18-9-19-68-37-22-35(65-7)34(25-54-37)60-45(69)59(44(64)47(60,5)6)32-16-15-31(23-53)38(39(32)49)48(50,51)52/h11-16,22,25,27,33,41H,8-10,17-21,24,26H2,1-7H3,(H,55,62)(H,57,61). The molecule has 70 heavy (non-hydrogen) atoms. The van der Waals surface area contributed by atoms with Gasteiger partial charge in [0.05, 0.1) is 66.5 Å². The van der Waals surface area contributed by atoms with Gasteiger partial charge in [-0.15, -0.1) is 11.3 Å². The molecule has 4 amide bonds. The number of ether oxygens (including phenoxy) is 4. The molecule has 0 bridgehead atoms. The van der Waals surface area contributed by atoms with E-state index in [-0.39, 0.29) is 67.3 Å². The Balaban J connectivity index is 0.926. The third-order valence-corrected chi connectivity index (χ3v) is 13.0. The van der Waals surface area contributed by atoms with Gasteiger partial charge in [0.15, 0.2) is 10.9 Å². The highest BCUT2D eigenvalue weighted by Gasteiger charge is 2.53. The molecule has 2 aromatic carbocycles. The molecule has 2 N–H and O–H groups in total. The highest BCUT2D eigenvalue weighted by Crippen LogP contribution is 2.44. The summed E-state index contributed by atoms with van der Waals surface area (Å²) in [7, 11) is 1.34. The first-order valence-corrected chi connectivity index (χ1v) is 23.6. The van der Waals surface area contributed by atoms with E-state index in [1.54, 1.807) is 16.2 Å². The van der Waals surface area contributed by atoms with Gasteiger partial charge in [-0.2, -0.15) is 18.4 Å². The molecule has 0 spiro atoms. The molecule has 2 unspecified atom stereocenters. The van der Waals surface area contributed by atoms with Crippen LogP contribution in [0.3, 0.4) is 0 Å². The number of alkyl halides is 3. The number of pyridine rings is 1. The van der Waals surface area contributed by atoms with E-state index in [4.69, 9.17) is 31.2 Å². The van der Waals surface area contributed by atoms with Crippen molar-refractivity contribution in [3.05, 3.63) is 82.4 Å². The number of nitriles is 1. The molecule has 2 aromatic heterocycles. The number of hydrogen-bond donors (Lipinski definition) is 2. The molecule has 2 atom stereocenters. The monoisotopic (exact) mass is 1010 g/mol. The first kappa shape index (κ1) is 53.1. The average molecular weight is 1010 g/mol. The molecule has 2 fully saturated rings. The number of benzene rings is 2. The minimum Gasteiger partial charge on any atom is -0.494 e. The Hall–Kier alpha value is -6.28. The number of hydrogen-bond acceptors (Lipinski definition) is 13. The number of carbonyl (C=O) groups excluding carboxylic acids is 4. The SMILES string of the molecule is COc1cc(OCCCOCCOCC(=O)NC(C(=O)N2CCCC2C(=O)NCc2ccc(-c3scnc3C)cc2)C(C)(C)C)ncc1N1C(=S)N(c2ccc(C#N)c(C(F)(F)F)c2F)C(=O)C1(C)C. The molecule has 22 heteroatoms. The van der Waals surface area contributed by atoms with Gasteiger partial charge in [0.2, 0.25) is 23.6 Å². The zero-order valence-electron chi connectivity index (χ0n) is 39.7. The number of amides is 4. The van der Waals surface area contributed by atoms with Gasteiger partial charge in [-0.05, 0) is 74.5 Å². The number of anilines is 2. The van der Waals surface area contributed by atoms with Crippen molar-refractivity contribution in [2.45, 2.75) is 91.1 Å². The summed E-state index contributed by atoms with van der Waals surface area (Å²) in [4.78, 5) is 67.2. The van der Waals surface area contributed by atoms with Crippen LogP contribution in [0.25, 0.3) is 10.4 Å². The molecule has 0 saturated carbocycles. The van der Waals surface area contributed by atoms with E-state index in [9.17, 15) is 37.6 Å². The summed E-state index contributed by atoms with van der Waals surface area (Å²) in [6, 6.07) is 10.8. The summed E-state index contributed by atoms with van der Waals surface area (Å²) in [5.74, 6) is -3.47. The van der Waals surface area contributed by atoms with Crippen LogP contribution in [0.15, 0.2) is 54.2 Å². The number of thiazole rings is 1. The Morgan fingerprint density at radius 3 is 2.39 bits per heavy atom. The van der Waals surface area contributed by atoms with Gasteiger partial charge in [-0.25, -0.2) is 14.4 Å². The number of thiocarbonyl (C=S) groups is 1. The minimum absolute atomic E-state index is 0.0839. The quantitative estimate of drug-likeness (QED) is 0.0550. The Morgan fingerprint density at radius 2 is 1.74 bits per heavy atom. The van der Waals surface area contributed by atoms with Crippen LogP contribution in [0.2, 0.25) is 0 Å². The number of rotatable bonds is 19. The van der Waals surface area contributed by atoms with Gasteiger partial charge >= 0.3 is 6.18 Å². The van der Waals surface area contributed by atoms with Crippen LogP contribution in [0, 0.1) is 29.5 Å². The van der Waals surface area contributed by atoms with Gasteiger partial charge in [0.25, 0.3) is 5.91 Å². The van der Waals surface area contributed by atoms with Crippen molar-refractivity contribution in [1.29, 1.82) is 5.26 Å². The molecule has 2 aliphatic rings. The highest BCUT2D eigenvalue weighted by atomic mass is 32.1. The Labute approximate surface area is 412 Å². The largest absolute Gasteiger partial charge is 0.494 e. The normalized spacial score (nSPS) is 16.3. The van der Waals surface area contributed by atoms with Crippen molar-refractivity contribution < 1.29 is 55.7 Å². The summed E-state index contributed by atoms with van der Waals surface area (Å²) in [5.41, 5.74) is -0.842. The van der Waals surface area contributed by atoms with Gasteiger partial charge in [0.1, 0.15) is 41.2 Å². The smallest absolute Gasteiger partial charge is 0.420 e. The maximum atomic E-state index is 15.5. The fraction of sp³-hybridized carbons (Fsp3) is 0.458. The number of aromatic nitrogens is 2. The second-order valence-electron chi connectivity index (χ2n) is 18.0. The van der Waals surface area contributed by atoms with Gasteiger partial charge in [-0.1, -0.05) is 45.0 Å². The lowest BCUT2D eigenvalue weighted by molar-refractivity contribution is -0.144. The number of nitrogens with one attached hydrogen (secondary N) is 2. The van der Waals surface area contributed by atoms with Crippen LogP contribution in [0.1, 0.15) is 76.3 Å². The van der Waals surface area contributed by atoms with Crippen molar-refractivity contribution in [2.24, 2.45) is 5.41 Å². The molecule has 16 nitrogen and oxygen atoms in total. The predicted molar refractivity (Wildman–Crippen MR) is 256 cm³/mol. The summed E-state index contributed by atoms with van der Waals surface area (Å²) in [6.45, 7) is 11.4. The van der Waals surface area contributed by atoms with E-state index in [2.05, 4.69) is 20.6 Å². The van der Waals surface area contributed by atoms with Crippen LogP contribution < -0.4 is 29.9 Å². The Morgan fingerprint density at radius 1 is 1.03 bits per heavy atom. The summed E-state index contributed by atoms with van der Waals surface area (Å²) >= 11 is 7.10. The van der Waals surface area contributed by atoms with Gasteiger partial charge < -0.3 is 34.5 Å². The van der Waals surface area contributed by atoms with E-state index in [1.807, 2.05) is 57.5 Å². The lowest BCUT2D eigenvalue weighted by atomic mass is 9.85. The van der Waals surface area contributed by atoms with Gasteiger partial charge in [0, 0.05) is 32.2 Å². The van der Waals surface area contributed by atoms with E-state index < -0.39 is 63.7 Å². The zero-order chi connectivity index (χ0) is 51.1. The minimum atomic E-state index is -5.22. The van der Waals surface area contributed by atoms with E-state index in [0.29, 0.717) is 37.3 Å². The summed E-state index contributed by atoms with van der Waals surface area (Å²) in [6.07, 6.45) is -2.35. The van der Waals surface area contributed by atoms with E-state index >= 15 is 4.39 Å². The maximum absolute atomic E-state index is 15.5. The zero-order valence-corrected chi connectivity index (χ0v) is 41.3. The first-order valence-electron chi connectivity index (χ1n) is 22.3. The molecule has 0 radical (unpaired) electrons. The van der Waals surface area contributed by atoms with Crippen molar-refractivity contribution in [3.8, 4) is 28.1 Å². The summed E-state index contributed by atoms with van der Waals surface area (Å²) < 4.78 is 79.3. The molecule has 4 heterocycles. The lowest BCUT2D eigenvalue weighted by Gasteiger charge is -2.35. The molecule has 374 valence electrons. The highest BCUT2D eigenvalue weighted by molar-refractivity contribution is 7.81. The van der Waals surface area contributed by atoms with Crippen LogP contribution in [0.5, 0.6) is 11.6 Å². The maximum Gasteiger partial charge on any atom is 0.420 e. The van der Waals surface area contributed by atoms with Crippen LogP contribution in [-0.4, -0.2) is 108 Å². The average Bonchev–Trinajstić information content (AvgIpc) is 4.02. The molecular weight excluding hydrogens is 957 g/mol. The molecule has 2 aliphatic heterocycles. The fourth-order valence-corrected chi connectivity index (χ4v) is 9.36. The van der Waals surface area contributed by atoms with Crippen molar-refractivity contribution >= 4 is 63.7 Å². The van der Waals surface area contributed by atoms with Crippen LogP contribution in [-0.2, 0) is 41.4 Å². The van der Waals surface area contributed by atoms with Crippen molar-refractivity contribution in [3.63, 3.8) is 0 Å². The number of likely N-dealkylation sites (tertiary alicyclic amines) is 1. The number of halogens is 4. The third-order valence-electron chi connectivity index (χ3n) is 11.7. The molecule has 0 aliphatic carbocycles. The Kier molecular flexibility index (Phi) is 16.8. The summed E-state index contributed by atoms with van der Waals surface area (Å²) in [5, 5.41) is 14.6. The van der Waals surface area contributed by atoms with E-state index in [1.165, 1.54) is 44.2 Å². The number of methoxy groups -OCH3 is 1. The number of aryl methyl sites for hydroxylation is 1. The third kappa shape index (κ3) is 11.8. The topological polar surface area (TPSA) is 189 Å². The fourth-order valence-electron chi connectivity index (χ4n) is 8.04.